The lowest BCUT2D eigenvalue weighted by atomic mass is 9.99. The first-order valence-corrected chi connectivity index (χ1v) is 7.07. The molecule has 0 aliphatic heterocycles. The van der Waals surface area contributed by atoms with Gasteiger partial charge in [0.25, 0.3) is 0 Å². The molecule has 0 bridgehead atoms. The molecule has 1 unspecified atom stereocenters. The zero-order valence-electron chi connectivity index (χ0n) is 11.4. The zero-order valence-corrected chi connectivity index (χ0v) is 12.9. The molecule has 0 spiro atoms. The molecule has 0 radical (unpaired) electrons. The molecule has 2 aromatic rings. The summed E-state index contributed by atoms with van der Waals surface area (Å²) in [6.07, 6.45) is -0.293. The molecule has 0 saturated carbocycles. The van der Waals surface area contributed by atoms with Gasteiger partial charge >= 0.3 is 0 Å². The Kier molecular flexibility index (Phi) is 4.78. The van der Waals surface area contributed by atoms with Crippen molar-refractivity contribution in [3.63, 3.8) is 0 Å². The molecular formula is C16H16BrFO2. The number of benzene rings is 2. The van der Waals surface area contributed by atoms with Crippen LogP contribution in [0.4, 0.5) is 4.39 Å². The molecule has 0 fully saturated rings. The van der Waals surface area contributed by atoms with Crippen LogP contribution >= 0.6 is 15.9 Å². The van der Waals surface area contributed by atoms with Crippen LogP contribution in [0, 0.1) is 12.7 Å². The minimum Gasteiger partial charge on any atom is -0.496 e. The van der Waals surface area contributed by atoms with Crippen molar-refractivity contribution in [3.05, 3.63) is 63.4 Å². The van der Waals surface area contributed by atoms with Gasteiger partial charge in [0.2, 0.25) is 0 Å². The predicted octanol–water partition coefficient (Wildman–Crippen LogP) is 4.18. The van der Waals surface area contributed by atoms with Crippen LogP contribution in [-0.2, 0) is 6.42 Å². The highest BCUT2D eigenvalue weighted by molar-refractivity contribution is 9.10. The Bertz CT molecular complexity index is 596. The Morgan fingerprint density at radius 1 is 1.25 bits per heavy atom. The van der Waals surface area contributed by atoms with Gasteiger partial charge in [-0.25, -0.2) is 4.39 Å². The highest BCUT2D eigenvalue weighted by Gasteiger charge is 2.16. The topological polar surface area (TPSA) is 29.5 Å². The SMILES string of the molecule is COc1cc(C)c(Br)cc1C(O)Cc1ccc(F)cc1. The van der Waals surface area contributed by atoms with Crippen molar-refractivity contribution in [1.82, 2.24) is 0 Å². The van der Waals surface area contributed by atoms with Gasteiger partial charge in [-0.1, -0.05) is 28.1 Å². The van der Waals surface area contributed by atoms with E-state index in [1.807, 2.05) is 19.1 Å². The van der Waals surface area contributed by atoms with Crippen LogP contribution in [0.1, 0.15) is 22.8 Å². The molecular weight excluding hydrogens is 323 g/mol. The van der Waals surface area contributed by atoms with Gasteiger partial charge in [-0.05, 0) is 42.3 Å². The number of ether oxygens (including phenoxy) is 1. The summed E-state index contributed by atoms with van der Waals surface area (Å²) in [4.78, 5) is 0. The normalized spacial score (nSPS) is 12.2. The van der Waals surface area contributed by atoms with E-state index >= 15 is 0 Å². The molecule has 2 aromatic carbocycles. The quantitative estimate of drug-likeness (QED) is 0.905. The molecule has 0 aromatic heterocycles. The Morgan fingerprint density at radius 2 is 1.90 bits per heavy atom. The van der Waals surface area contributed by atoms with E-state index in [1.54, 1.807) is 19.2 Å². The van der Waals surface area contributed by atoms with Gasteiger partial charge < -0.3 is 9.84 Å². The number of aryl methyl sites for hydroxylation is 1. The van der Waals surface area contributed by atoms with Gasteiger partial charge in [-0.2, -0.15) is 0 Å². The third-order valence-electron chi connectivity index (χ3n) is 3.21. The van der Waals surface area contributed by atoms with Crippen LogP contribution < -0.4 is 4.74 Å². The van der Waals surface area contributed by atoms with Gasteiger partial charge in [0.15, 0.2) is 0 Å². The number of aliphatic hydroxyl groups is 1. The van der Waals surface area contributed by atoms with Gasteiger partial charge in [0.05, 0.1) is 13.2 Å². The molecule has 106 valence electrons. The number of hydrogen-bond acceptors (Lipinski definition) is 2. The van der Waals surface area contributed by atoms with Crippen molar-refractivity contribution in [3.8, 4) is 5.75 Å². The number of hydrogen-bond donors (Lipinski definition) is 1. The van der Waals surface area contributed by atoms with Crippen LogP contribution in [0.2, 0.25) is 0 Å². The number of aliphatic hydroxyl groups excluding tert-OH is 1. The third-order valence-corrected chi connectivity index (χ3v) is 4.07. The number of methoxy groups -OCH3 is 1. The summed E-state index contributed by atoms with van der Waals surface area (Å²) >= 11 is 3.46. The molecule has 2 rings (SSSR count). The first kappa shape index (κ1) is 15.0. The molecule has 1 N–H and O–H groups in total. The number of halogens is 2. The average molecular weight is 339 g/mol. The highest BCUT2D eigenvalue weighted by Crippen LogP contribution is 2.32. The summed E-state index contributed by atoms with van der Waals surface area (Å²) in [6, 6.07) is 9.88. The second kappa shape index (κ2) is 6.37. The van der Waals surface area contributed by atoms with Crippen LogP contribution in [0.5, 0.6) is 5.75 Å². The zero-order chi connectivity index (χ0) is 14.7. The summed E-state index contributed by atoms with van der Waals surface area (Å²) in [5.41, 5.74) is 2.63. The van der Waals surface area contributed by atoms with Crippen molar-refractivity contribution in [1.29, 1.82) is 0 Å². The van der Waals surface area contributed by atoms with Gasteiger partial charge in [-0.15, -0.1) is 0 Å². The second-order valence-electron chi connectivity index (χ2n) is 4.69. The van der Waals surface area contributed by atoms with Crippen LogP contribution in [0.3, 0.4) is 0 Å². The molecule has 0 aliphatic carbocycles. The largest absolute Gasteiger partial charge is 0.496 e. The van der Waals surface area contributed by atoms with E-state index in [4.69, 9.17) is 4.74 Å². The maximum absolute atomic E-state index is 12.9. The molecule has 20 heavy (non-hydrogen) atoms. The summed E-state index contributed by atoms with van der Waals surface area (Å²) in [7, 11) is 1.58. The first-order valence-electron chi connectivity index (χ1n) is 6.28. The van der Waals surface area contributed by atoms with E-state index in [9.17, 15) is 9.50 Å². The van der Waals surface area contributed by atoms with Crippen molar-refractivity contribution >= 4 is 15.9 Å². The van der Waals surface area contributed by atoms with Crippen molar-refractivity contribution < 1.29 is 14.2 Å². The standard InChI is InChI=1S/C16H16BrFO2/c1-10-7-16(20-2)13(9-14(10)17)15(19)8-11-3-5-12(18)6-4-11/h3-7,9,15,19H,8H2,1-2H3. The number of rotatable bonds is 4. The molecule has 0 heterocycles. The molecule has 4 heteroatoms. The van der Waals surface area contributed by atoms with E-state index in [2.05, 4.69) is 15.9 Å². The van der Waals surface area contributed by atoms with Crippen LogP contribution in [0.25, 0.3) is 0 Å². The minimum atomic E-state index is -0.702. The molecule has 1 atom stereocenters. The van der Waals surface area contributed by atoms with E-state index in [-0.39, 0.29) is 5.82 Å². The Labute approximate surface area is 126 Å². The average Bonchev–Trinajstić information content (AvgIpc) is 2.43. The summed E-state index contributed by atoms with van der Waals surface area (Å²) in [5.74, 6) is 0.374. The minimum absolute atomic E-state index is 0.279. The van der Waals surface area contributed by atoms with Gasteiger partial charge in [0.1, 0.15) is 11.6 Å². The Morgan fingerprint density at radius 3 is 2.50 bits per heavy atom. The highest BCUT2D eigenvalue weighted by atomic mass is 79.9. The van der Waals surface area contributed by atoms with E-state index < -0.39 is 6.10 Å². The Hall–Kier alpha value is -1.39. The Balaban J connectivity index is 2.26. The third kappa shape index (κ3) is 3.38. The second-order valence-corrected chi connectivity index (χ2v) is 5.54. The van der Waals surface area contributed by atoms with Gasteiger partial charge in [0, 0.05) is 16.5 Å². The van der Waals surface area contributed by atoms with Crippen molar-refractivity contribution in [2.75, 3.05) is 7.11 Å². The predicted molar refractivity (Wildman–Crippen MR) is 80.5 cm³/mol. The lowest BCUT2D eigenvalue weighted by molar-refractivity contribution is 0.174. The first-order chi connectivity index (χ1) is 9.51. The van der Waals surface area contributed by atoms with E-state index in [1.165, 1.54) is 12.1 Å². The monoisotopic (exact) mass is 338 g/mol. The maximum atomic E-state index is 12.9. The molecule has 0 aliphatic rings. The van der Waals surface area contributed by atoms with Gasteiger partial charge in [-0.3, -0.25) is 0 Å². The fourth-order valence-electron chi connectivity index (χ4n) is 2.06. The lowest BCUT2D eigenvalue weighted by Gasteiger charge is -2.16. The molecule has 0 saturated heterocycles. The summed E-state index contributed by atoms with van der Waals surface area (Å²) in [5, 5.41) is 10.4. The molecule has 0 amide bonds. The summed E-state index contributed by atoms with van der Waals surface area (Å²) in [6.45, 7) is 1.96. The van der Waals surface area contributed by atoms with E-state index in [0.29, 0.717) is 17.7 Å². The fourth-order valence-corrected chi connectivity index (χ4v) is 2.42. The maximum Gasteiger partial charge on any atom is 0.125 e. The van der Waals surface area contributed by atoms with E-state index in [0.717, 1.165) is 15.6 Å². The van der Waals surface area contributed by atoms with Crippen LogP contribution in [0.15, 0.2) is 40.9 Å². The molecule has 2 nitrogen and oxygen atoms in total. The van der Waals surface area contributed by atoms with Crippen molar-refractivity contribution in [2.24, 2.45) is 0 Å². The lowest BCUT2D eigenvalue weighted by Crippen LogP contribution is -2.05. The van der Waals surface area contributed by atoms with Crippen molar-refractivity contribution in [2.45, 2.75) is 19.4 Å². The summed E-state index contributed by atoms with van der Waals surface area (Å²) < 4.78 is 19.1. The fraction of sp³-hybridized carbons (Fsp3) is 0.250. The smallest absolute Gasteiger partial charge is 0.125 e. The van der Waals surface area contributed by atoms with Crippen LogP contribution in [-0.4, -0.2) is 12.2 Å².